The topological polar surface area (TPSA) is 87.0 Å². The lowest BCUT2D eigenvalue weighted by Crippen LogP contribution is -2.62. The van der Waals surface area contributed by atoms with Crippen molar-refractivity contribution in [3.8, 4) is 0 Å². The SMILES string of the molecule is CC[C@H]1[C@@H](O)[C@@H]2[C@H](CC[C@]3(C)[C@@H]([C@H](C)CCOC(=O)C[C@@H]4CCC[C@H]4O)CC[C@@H]23)[C@@]2(C)CC[C@@H](O)C[C@@H]12. The molecule has 0 spiro atoms. The Morgan fingerprint density at radius 1 is 0.946 bits per heavy atom. The summed E-state index contributed by atoms with van der Waals surface area (Å²) in [5.74, 6) is 3.31. The predicted octanol–water partition coefficient (Wildman–Crippen LogP) is 5.73. The second kappa shape index (κ2) is 10.7. The molecule has 5 aliphatic rings. The van der Waals surface area contributed by atoms with Gasteiger partial charge in [-0.15, -0.1) is 0 Å². The van der Waals surface area contributed by atoms with Gasteiger partial charge in [0.15, 0.2) is 0 Å². The van der Waals surface area contributed by atoms with Crippen molar-refractivity contribution in [3.63, 3.8) is 0 Å². The molecule has 0 aromatic heterocycles. The van der Waals surface area contributed by atoms with Gasteiger partial charge in [0.25, 0.3) is 0 Å². The first kappa shape index (κ1) is 27.9. The Morgan fingerprint density at radius 2 is 1.68 bits per heavy atom. The van der Waals surface area contributed by atoms with E-state index < -0.39 is 0 Å². The van der Waals surface area contributed by atoms with E-state index in [-0.39, 0.29) is 41.0 Å². The van der Waals surface area contributed by atoms with Crippen LogP contribution in [0.2, 0.25) is 0 Å². The first-order valence-corrected chi connectivity index (χ1v) is 15.8. The maximum absolute atomic E-state index is 12.4. The largest absolute Gasteiger partial charge is 0.466 e. The van der Waals surface area contributed by atoms with E-state index in [1.165, 1.54) is 25.7 Å². The molecule has 37 heavy (non-hydrogen) atoms. The lowest BCUT2D eigenvalue weighted by atomic mass is 9.41. The summed E-state index contributed by atoms with van der Waals surface area (Å²) in [6.07, 6.45) is 12.0. The lowest BCUT2D eigenvalue weighted by molar-refractivity contribution is -0.203. The fourth-order valence-corrected chi connectivity index (χ4v) is 11.0. The third-order valence-electron chi connectivity index (χ3n) is 13.0. The highest BCUT2D eigenvalue weighted by molar-refractivity contribution is 5.69. The Morgan fingerprint density at radius 3 is 2.38 bits per heavy atom. The maximum Gasteiger partial charge on any atom is 0.306 e. The van der Waals surface area contributed by atoms with Crippen LogP contribution >= 0.6 is 0 Å². The van der Waals surface area contributed by atoms with Crippen molar-refractivity contribution in [1.29, 1.82) is 0 Å². The van der Waals surface area contributed by atoms with Gasteiger partial charge in [0, 0.05) is 0 Å². The predicted molar refractivity (Wildman–Crippen MR) is 144 cm³/mol. The molecule has 5 rings (SSSR count). The number of aliphatic hydroxyl groups is 3. The molecular weight excluding hydrogens is 464 g/mol. The van der Waals surface area contributed by atoms with Crippen LogP contribution in [0.4, 0.5) is 0 Å². The zero-order chi connectivity index (χ0) is 26.5. The maximum atomic E-state index is 12.4. The van der Waals surface area contributed by atoms with Crippen LogP contribution in [-0.2, 0) is 9.53 Å². The van der Waals surface area contributed by atoms with Crippen molar-refractivity contribution >= 4 is 5.97 Å². The minimum Gasteiger partial charge on any atom is -0.466 e. The molecule has 0 aromatic carbocycles. The Hall–Kier alpha value is -0.650. The molecule has 0 amide bonds. The molecule has 212 valence electrons. The monoisotopic (exact) mass is 518 g/mol. The summed E-state index contributed by atoms with van der Waals surface area (Å²) < 4.78 is 5.65. The number of rotatable bonds is 7. The van der Waals surface area contributed by atoms with Crippen molar-refractivity contribution in [3.05, 3.63) is 0 Å². The highest BCUT2D eigenvalue weighted by Crippen LogP contribution is 2.69. The first-order valence-electron chi connectivity index (χ1n) is 15.8. The fourth-order valence-electron chi connectivity index (χ4n) is 11.0. The van der Waals surface area contributed by atoms with E-state index in [0.29, 0.717) is 54.5 Å². The van der Waals surface area contributed by atoms with Crippen LogP contribution in [0.3, 0.4) is 0 Å². The van der Waals surface area contributed by atoms with Gasteiger partial charge < -0.3 is 20.1 Å². The third-order valence-corrected chi connectivity index (χ3v) is 13.0. The zero-order valence-electron chi connectivity index (χ0n) is 23.9. The lowest BCUT2D eigenvalue weighted by Gasteiger charge is -2.64. The van der Waals surface area contributed by atoms with Gasteiger partial charge in [-0.2, -0.15) is 0 Å². The molecule has 0 radical (unpaired) electrons. The van der Waals surface area contributed by atoms with Crippen molar-refractivity contribution in [2.45, 2.75) is 129 Å². The number of hydrogen-bond acceptors (Lipinski definition) is 5. The van der Waals surface area contributed by atoms with Gasteiger partial charge >= 0.3 is 5.97 Å². The molecule has 5 heteroatoms. The molecule has 0 aromatic rings. The van der Waals surface area contributed by atoms with Crippen LogP contribution in [0.1, 0.15) is 111 Å². The van der Waals surface area contributed by atoms with E-state index in [9.17, 15) is 20.1 Å². The van der Waals surface area contributed by atoms with E-state index in [1.807, 2.05) is 0 Å². The van der Waals surface area contributed by atoms with Gasteiger partial charge in [-0.1, -0.05) is 40.5 Å². The summed E-state index contributed by atoms with van der Waals surface area (Å²) in [7, 11) is 0. The van der Waals surface area contributed by atoms with Gasteiger partial charge in [-0.25, -0.2) is 0 Å². The number of carbonyl (C=O) groups excluding carboxylic acids is 1. The Balaban J connectivity index is 1.23. The summed E-state index contributed by atoms with van der Waals surface area (Å²) in [4.78, 5) is 12.4. The molecule has 0 aliphatic heterocycles. The molecule has 0 heterocycles. The molecule has 0 saturated heterocycles. The molecule has 0 bridgehead atoms. The summed E-state index contributed by atoms with van der Waals surface area (Å²) in [6.45, 7) is 10.1. The number of carbonyl (C=O) groups is 1. The molecule has 5 fully saturated rings. The van der Waals surface area contributed by atoms with Crippen molar-refractivity contribution in [1.82, 2.24) is 0 Å². The summed E-state index contributed by atoms with van der Waals surface area (Å²) in [5, 5.41) is 32.4. The van der Waals surface area contributed by atoms with Crippen LogP contribution in [-0.4, -0.2) is 46.2 Å². The minimum absolute atomic E-state index is 0.0809. The van der Waals surface area contributed by atoms with Gasteiger partial charge in [-0.3, -0.25) is 4.79 Å². The van der Waals surface area contributed by atoms with E-state index in [2.05, 4.69) is 27.7 Å². The zero-order valence-corrected chi connectivity index (χ0v) is 23.9. The number of esters is 1. The molecule has 5 saturated carbocycles. The molecule has 13 atom stereocenters. The molecule has 5 nitrogen and oxygen atoms in total. The number of aliphatic hydroxyl groups excluding tert-OH is 3. The summed E-state index contributed by atoms with van der Waals surface area (Å²) in [6, 6.07) is 0. The average Bonchev–Trinajstić information content (AvgIpc) is 3.42. The smallest absolute Gasteiger partial charge is 0.306 e. The van der Waals surface area contributed by atoms with Crippen LogP contribution in [0, 0.1) is 58.2 Å². The van der Waals surface area contributed by atoms with Crippen LogP contribution in [0.5, 0.6) is 0 Å². The highest BCUT2D eigenvalue weighted by Gasteiger charge is 2.64. The number of hydrogen-bond donors (Lipinski definition) is 3. The third kappa shape index (κ3) is 4.82. The van der Waals surface area contributed by atoms with Crippen LogP contribution in [0.15, 0.2) is 0 Å². The van der Waals surface area contributed by atoms with E-state index in [0.717, 1.165) is 51.4 Å². The molecule has 5 aliphatic carbocycles. The first-order chi connectivity index (χ1) is 17.6. The fraction of sp³-hybridized carbons (Fsp3) is 0.969. The second-order valence-electron chi connectivity index (χ2n) is 14.6. The van der Waals surface area contributed by atoms with Crippen molar-refractivity contribution < 1.29 is 24.9 Å². The Labute approximate surface area is 225 Å². The Bertz CT molecular complexity index is 815. The van der Waals surface area contributed by atoms with Gasteiger partial charge in [-0.05, 0) is 122 Å². The minimum atomic E-state index is -0.337. The van der Waals surface area contributed by atoms with Crippen LogP contribution in [0.25, 0.3) is 0 Å². The average molecular weight is 519 g/mol. The van der Waals surface area contributed by atoms with E-state index in [4.69, 9.17) is 4.74 Å². The molecule has 0 unspecified atom stereocenters. The Kier molecular flexibility index (Phi) is 8.09. The second-order valence-corrected chi connectivity index (χ2v) is 14.6. The molecule has 3 N–H and O–H groups in total. The number of fused-ring (bicyclic) bond motifs is 5. The highest BCUT2D eigenvalue weighted by atomic mass is 16.5. The van der Waals surface area contributed by atoms with Crippen molar-refractivity contribution in [2.24, 2.45) is 58.2 Å². The quantitative estimate of drug-likeness (QED) is 0.375. The normalized spacial score (nSPS) is 50.1. The van der Waals surface area contributed by atoms with Gasteiger partial charge in [0.05, 0.1) is 31.3 Å². The number of ether oxygens (including phenoxy) is 1. The van der Waals surface area contributed by atoms with Gasteiger partial charge in [0.1, 0.15) is 0 Å². The summed E-state index contributed by atoms with van der Waals surface area (Å²) in [5.41, 5.74) is 0.491. The van der Waals surface area contributed by atoms with E-state index in [1.54, 1.807) is 0 Å². The van der Waals surface area contributed by atoms with E-state index >= 15 is 0 Å². The van der Waals surface area contributed by atoms with Gasteiger partial charge in [0.2, 0.25) is 0 Å². The van der Waals surface area contributed by atoms with Crippen LogP contribution < -0.4 is 0 Å². The standard InChI is InChI=1S/C32H54O5/c1-5-22-26-18-21(33)11-14-32(26,4)25-12-15-31(3)23(9-10-24(31)29(25)30(22)36)19(2)13-16-37-28(35)17-20-7-6-8-27(20)34/h19-27,29-30,33-34,36H,5-18H2,1-4H3/t19-,20+,21-,22-,23-,24+,25+,26+,27-,29+,30-,31-,32-/m1/s1. The van der Waals surface area contributed by atoms with Crippen molar-refractivity contribution in [2.75, 3.05) is 6.61 Å². The molecular formula is C32H54O5. The summed E-state index contributed by atoms with van der Waals surface area (Å²) >= 11 is 0.